The van der Waals surface area contributed by atoms with E-state index >= 15 is 0 Å². The summed E-state index contributed by atoms with van der Waals surface area (Å²) < 4.78 is 1.98. The lowest BCUT2D eigenvalue weighted by Gasteiger charge is -2.10. The molecule has 0 aliphatic rings. The first-order valence-electron chi connectivity index (χ1n) is 6.29. The lowest BCUT2D eigenvalue weighted by molar-refractivity contribution is 0.748. The van der Waals surface area contributed by atoms with Gasteiger partial charge in [0, 0.05) is 30.8 Å². The molecule has 2 aromatic rings. The SMILES string of the molecule is CCCc1nccn1-c1cc(N)nc(C(C)C)n1. The molecular formula is C13H19N5. The summed E-state index contributed by atoms with van der Waals surface area (Å²) in [5.74, 6) is 3.32. The zero-order chi connectivity index (χ0) is 13.1. The summed E-state index contributed by atoms with van der Waals surface area (Å²) in [6.07, 6.45) is 5.68. The number of anilines is 1. The predicted molar refractivity (Wildman–Crippen MR) is 71.7 cm³/mol. The monoisotopic (exact) mass is 245 g/mol. The Morgan fingerprint density at radius 3 is 2.78 bits per heavy atom. The lowest BCUT2D eigenvalue weighted by atomic mass is 10.2. The van der Waals surface area contributed by atoms with Gasteiger partial charge in [-0.05, 0) is 6.42 Å². The van der Waals surface area contributed by atoms with E-state index in [1.54, 1.807) is 12.3 Å². The Hall–Kier alpha value is -1.91. The van der Waals surface area contributed by atoms with Crippen LogP contribution >= 0.6 is 0 Å². The number of nitrogens with two attached hydrogens (primary N) is 1. The van der Waals surface area contributed by atoms with Crippen LogP contribution in [0.2, 0.25) is 0 Å². The van der Waals surface area contributed by atoms with Gasteiger partial charge in [-0.25, -0.2) is 15.0 Å². The third kappa shape index (κ3) is 2.50. The largest absolute Gasteiger partial charge is 0.384 e. The quantitative estimate of drug-likeness (QED) is 0.897. The van der Waals surface area contributed by atoms with Crippen molar-refractivity contribution in [2.24, 2.45) is 0 Å². The van der Waals surface area contributed by atoms with Crippen molar-refractivity contribution in [2.75, 3.05) is 5.73 Å². The molecule has 0 atom stereocenters. The van der Waals surface area contributed by atoms with Crippen molar-refractivity contribution in [2.45, 2.75) is 39.5 Å². The van der Waals surface area contributed by atoms with Gasteiger partial charge in [0.2, 0.25) is 0 Å². The number of nitrogen functional groups attached to an aromatic ring is 1. The molecule has 0 saturated heterocycles. The van der Waals surface area contributed by atoms with E-state index in [9.17, 15) is 0 Å². The number of aromatic nitrogens is 4. The Labute approximate surface area is 107 Å². The van der Waals surface area contributed by atoms with Crippen molar-refractivity contribution < 1.29 is 0 Å². The van der Waals surface area contributed by atoms with Gasteiger partial charge in [0.25, 0.3) is 0 Å². The van der Waals surface area contributed by atoms with E-state index < -0.39 is 0 Å². The fourth-order valence-corrected chi connectivity index (χ4v) is 1.80. The topological polar surface area (TPSA) is 69.6 Å². The molecule has 96 valence electrons. The molecule has 0 saturated carbocycles. The second kappa shape index (κ2) is 5.16. The van der Waals surface area contributed by atoms with Crippen molar-refractivity contribution in [1.82, 2.24) is 19.5 Å². The maximum absolute atomic E-state index is 5.84. The molecule has 0 aliphatic carbocycles. The number of hydrogen-bond acceptors (Lipinski definition) is 4. The Bertz CT molecular complexity index is 530. The van der Waals surface area contributed by atoms with Crippen LogP contribution in [0, 0.1) is 0 Å². The normalized spacial score (nSPS) is 11.1. The second-order valence-electron chi connectivity index (χ2n) is 4.63. The van der Waals surface area contributed by atoms with E-state index in [0.717, 1.165) is 30.3 Å². The van der Waals surface area contributed by atoms with Crippen molar-refractivity contribution in [3.63, 3.8) is 0 Å². The van der Waals surface area contributed by atoms with Crippen LogP contribution in [-0.2, 0) is 6.42 Å². The third-order valence-corrected chi connectivity index (χ3v) is 2.70. The highest BCUT2D eigenvalue weighted by atomic mass is 15.1. The van der Waals surface area contributed by atoms with Crippen LogP contribution in [0.3, 0.4) is 0 Å². The zero-order valence-corrected chi connectivity index (χ0v) is 11.1. The molecule has 2 heterocycles. The van der Waals surface area contributed by atoms with Gasteiger partial charge in [-0.1, -0.05) is 20.8 Å². The number of nitrogens with zero attached hydrogens (tertiary/aromatic N) is 4. The van der Waals surface area contributed by atoms with E-state index in [2.05, 4.69) is 35.7 Å². The van der Waals surface area contributed by atoms with E-state index in [1.807, 2.05) is 10.8 Å². The summed E-state index contributed by atoms with van der Waals surface area (Å²) in [6, 6.07) is 1.78. The van der Waals surface area contributed by atoms with Gasteiger partial charge >= 0.3 is 0 Å². The summed E-state index contributed by atoms with van der Waals surface area (Å²) in [5.41, 5.74) is 5.84. The van der Waals surface area contributed by atoms with Crippen LogP contribution in [0.15, 0.2) is 18.5 Å². The highest BCUT2D eigenvalue weighted by Crippen LogP contribution is 2.16. The molecule has 0 bridgehead atoms. The van der Waals surface area contributed by atoms with Crippen LogP contribution < -0.4 is 5.73 Å². The molecule has 5 nitrogen and oxygen atoms in total. The molecular weight excluding hydrogens is 226 g/mol. The van der Waals surface area contributed by atoms with E-state index in [-0.39, 0.29) is 5.92 Å². The molecule has 2 rings (SSSR count). The summed E-state index contributed by atoms with van der Waals surface area (Å²) in [6.45, 7) is 6.24. The number of rotatable bonds is 4. The molecule has 0 fully saturated rings. The second-order valence-corrected chi connectivity index (χ2v) is 4.63. The van der Waals surface area contributed by atoms with E-state index in [4.69, 9.17) is 5.73 Å². The van der Waals surface area contributed by atoms with Crippen molar-refractivity contribution in [1.29, 1.82) is 0 Å². The van der Waals surface area contributed by atoms with Crippen LogP contribution in [0.4, 0.5) is 5.82 Å². The van der Waals surface area contributed by atoms with Crippen LogP contribution in [-0.4, -0.2) is 19.5 Å². The van der Waals surface area contributed by atoms with Crippen LogP contribution in [0.25, 0.3) is 5.82 Å². The van der Waals surface area contributed by atoms with Gasteiger partial charge in [-0.15, -0.1) is 0 Å². The van der Waals surface area contributed by atoms with E-state index in [0.29, 0.717) is 5.82 Å². The minimum Gasteiger partial charge on any atom is -0.384 e. The lowest BCUT2D eigenvalue weighted by Crippen LogP contribution is -2.08. The maximum Gasteiger partial charge on any atom is 0.143 e. The zero-order valence-electron chi connectivity index (χ0n) is 11.1. The maximum atomic E-state index is 5.84. The van der Waals surface area contributed by atoms with Crippen molar-refractivity contribution in [3.05, 3.63) is 30.1 Å². The molecule has 2 N–H and O–H groups in total. The summed E-state index contributed by atoms with van der Waals surface area (Å²) in [7, 11) is 0. The Morgan fingerprint density at radius 1 is 1.33 bits per heavy atom. The summed E-state index contributed by atoms with van der Waals surface area (Å²) >= 11 is 0. The number of imidazole rings is 1. The minimum atomic E-state index is 0.255. The van der Waals surface area contributed by atoms with Crippen molar-refractivity contribution >= 4 is 5.82 Å². The first kappa shape index (κ1) is 12.5. The number of hydrogen-bond donors (Lipinski definition) is 1. The first-order chi connectivity index (χ1) is 8.61. The average molecular weight is 245 g/mol. The molecule has 2 aromatic heterocycles. The Morgan fingerprint density at radius 2 is 2.11 bits per heavy atom. The smallest absolute Gasteiger partial charge is 0.143 e. The molecule has 0 aliphatic heterocycles. The molecule has 0 unspecified atom stereocenters. The third-order valence-electron chi connectivity index (χ3n) is 2.70. The highest BCUT2D eigenvalue weighted by molar-refractivity contribution is 5.38. The van der Waals surface area contributed by atoms with Gasteiger partial charge in [-0.3, -0.25) is 4.57 Å². The summed E-state index contributed by atoms with van der Waals surface area (Å²) in [4.78, 5) is 13.2. The molecule has 0 radical (unpaired) electrons. The molecule has 18 heavy (non-hydrogen) atoms. The highest BCUT2D eigenvalue weighted by Gasteiger charge is 2.10. The molecule has 0 amide bonds. The number of aryl methyl sites for hydroxylation is 1. The fraction of sp³-hybridized carbons (Fsp3) is 0.462. The molecule has 0 aromatic carbocycles. The average Bonchev–Trinajstić information content (AvgIpc) is 2.77. The Kier molecular flexibility index (Phi) is 3.60. The van der Waals surface area contributed by atoms with Gasteiger partial charge in [0.15, 0.2) is 0 Å². The van der Waals surface area contributed by atoms with Gasteiger partial charge in [-0.2, -0.15) is 0 Å². The van der Waals surface area contributed by atoms with Crippen LogP contribution in [0.5, 0.6) is 0 Å². The molecule has 0 spiro atoms. The van der Waals surface area contributed by atoms with Crippen molar-refractivity contribution in [3.8, 4) is 5.82 Å². The summed E-state index contributed by atoms with van der Waals surface area (Å²) in [5, 5.41) is 0. The van der Waals surface area contributed by atoms with Gasteiger partial charge < -0.3 is 5.73 Å². The molecule has 5 heteroatoms. The van der Waals surface area contributed by atoms with E-state index in [1.165, 1.54) is 0 Å². The first-order valence-corrected chi connectivity index (χ1v) is 6.29. The van der Waals surface area contributed by atoms with Crippen LogP contribution in [0.1, 0.15) is 44.8 Å². The fourth-order valence-electron chi connectivity index (χ4n) is 1.80. The standard InChI is InChI=1S/C13H19N5/c1-4-5-11-15-6-7-18(11)12-8-10(14)16-13(17-12)9(2)3/h6-9H,4-5H2,1-3H3,(H2,14,16,17). The minimum absolute atomic E-state index is 0.255. The van der Waals surface area contributed by atoms with Gasteiger partial charge in [0.05, 0.1) is 0 Å². The Balaban J connectivity index is 2.46. The predicted octanol–water partition coefficient (Wildman–Crippen LogP) is 2.32. The van der Waals surface area contributed by atoms with Gasteiger partial charge in [0.1, 0.15) is 23.3 Å².